The summed E-state index contributed by atoms with van der Waals surface area (Å²) in [4.78, 5) is 2.53. The number of thiophene rings is 1. The van der Waals surface area contributed by atoms with Crippen molar-refractivity contribution in [1.29, 1.82) is 0 Å². The molecule has 2 nitrogen and oxygen atoms in total. The molecule has 3 rings (SSSR count). The third-order valence-electron chi connectivity index (χ3n) is 3.74. The Hall–Kier alpha value is -1.32. The Morgan fingerprint density at radius 1 is 1.21 bits per heavy atom. The van der Waals surface area contributed by atoms with Crippen molar-refractivity contribution in [3.05, 3.63) is 52.7 Å². The van der Waals surface area contributed by atoms with Crippen molar-refractivity contribution < 1.29 is 0 Å². The fourth-order valence-electron chi connectivity index (χ4n) is 2.74. The number of rotatable bonds is 2. The molecule has 1 aromatic carbocycles. The zero-order chi connectivity index (χ0) is 13.3. The molecule has 2 heterocycles. The summed E-state index contributed by atoms with van der Waals surface area (Å²) in [6.07, 6.45) is 0. The molecule has 0 spiro atoms. The summed E-state index contributed by atoms with van der Waals surface area (Å²) in [7, 11) is 0. The van der Waals surface area contributed by atoms with Gasteiger partial charge in [-0.1, -0.05) is 30.3 Å². The van der Waals surface area contributed by atoms with E-state index in [1.54, 1.807) is 11.3 Å². The van der Waals surface area contributed by atoms with E-state index in [1.165, 1.54) is 11.3 Å². The Morgan fingerprint density at radius 2 is 2.00 bits per heavy atom. The van der Waals surface area contributed by atoms with Crippen LogP contribution in [-0.4, -0.2) is 18.6 Å². The fourth-order valence-corrected chi connectivity index (χ4v) is 3.39. The lowest BCUT2D eigenvalue weighted by atomic mass is 9.94. The summed E-state index contributed by atoms with van der Waals surface area (Å²) in [5.41, 5.74) is 2.89. The van der Waals surface area contributed by atoms with E-state index in [2.05, 4.69) is 71.2 Å². The van der Waals surface area contributed by atoms with Gasteiger partial charge in [0.15, 0.2) is 0 Å². The zero-order valence-electron chi connectivity index (χ0n) is 11.5. The molecule has 1 fully saturated rings. The molecule has 0 aliphatic carbocycles. The van der Waals surface area contributed by atoms with Gasteiger partial charge >= 0.3 is 0 Å². The van der Waals surface area contributed by atoms with Gasteiger partial charge in [0.1, 0.15) is 0 Å². The molecule has 0 bridgehead atoms. The predicted molar refractivity (Wildman–Crippen MR) is 82.9 cm³/mol. The van der Waals surface area contributed by atoms with Gasteiger partial charge in [0, 0.05) is 29.7 Å². The van der Waals surface area contributed by atoms with Gasteiger partial charge in [-0.2, -0.15) is 11.3 Å². The van der Waals surface area contributed by atoms with Crippen LogP contribution in [0.3, 0.4) is 0 Å². The van der Waals surface area contributed by atoms with Crippen LogP contribution in [0.4, 0.5) is 5.69 Å². The maximum Gasteiger partial charge on any atom is 0.0668 e. The van der Waals surface area contributed by atoms with Crippen LogP contribution < -0.4 is 10.2 Å². The van der Waals surface area contributed by atoms with Gasteiger partial charge in [0.25, 0.3) is 0 Å². The number of nitrogens with one attached hydrogen (secondary N) is 1. The summed E-state index contributed by atoms with van der Waals surface area (Å²) in [5, 5.41) is 8.07. The number of benzene rings is 1. The van der Waals surface area contributed by atoms with Crippen LogP contribution in [0.1, 0.15) is 25.5 Å². The van der Waals surface area contributed by atoms with E-state index >= 15 is 0 Å². The van der Waals surface area contributed by atoms with Crippen LogP contribution in [0.15, 0.2) is 47.2 Å². The zero-order valence-corrected chi connectivity index (χ0v) is 12.3. The molecule has 1 saturated heterocycles. The van der Waals surface area contributed by atoms with Gasteiger partial charge in [-0.05, 0) is 30.9 Å². The molecule has 0 saturated carbocycles. The van der Waals surface area contributed by atoms with Gasteiger partial charge in [0.05, 0.1) is 6.04 Å². The van der Waals surface area contributed by atoms with Crippen LogP contribution in [0.2, 0.25) is 0 Å². The van der Waals surface area contributed by atoms with Crippen molar-refractivity contribution >= 4 is 17.0 Å². The van der Waals surface area contributed by atoms with Gasteiger partial charge in [-0.3, -0.25) is 0 Å². The second kappa shape index (κ2) is 4.99. The number of hydrogen-bond donors (Lipinski definition) is 1. The number of piperazine rings is 1. The highest BCUT2D eigenvalue weighted by molar-refractivity contribution is 7.08. The first-order valence-corrected chi connectivity index (χ1v) is 7.69. The molecule has 19 heavy (non-hydrogen) atoms. The molecule has 1 aliphatic rings. The highest BCUT2D eigenvalue weighted by atomic mass is 32.1. The van der Waals surface area contributed by atoms with Gasteiger partial charge < -0.3 is 10.2 Å². The molecule has 0 amide bonds. The Labute approximate surface area is 119 Å². The minimum atomic E-state index is 0.160. The van der Waals surface area contributed by atoms with E-state index < -0.39 is 0 Å². The number of anilines is 1. The Morgan fingerprint density at radius 3 is 2.68 bits per heavy atom. The molecule has 1 aliphatic heterocycles. The van der Waals surface area contributed by atoms with E-state index in [4.69, 9.17) is 0 Å². The van der Waals surface area contributed by atoms with Gasteiger partial charge in [-0.25, -0.2) is 0 Å². The van der Waals surface area contributed by atoms with E-state index in [0.29, 0.717) is 6.04 Å². The van der Waals surface area contributed by atoms with Crippen molar-refractivity contribution in [3.63, 3.8) is 0 Å². The third-order valence-corrected chi connectivity index (χ3v) is 4.41. The van der Waals surface area contributed by atoms with Crippen molar-refractivity contribution in [1.82, 2.24) is 5.32 Å². The lowest BCUT2D eigenvalue weighted by Gasteiger charge is -2.45. The molecular formula is C16H20N2S. The van der Waals surface area contributed by atoms with Crippen molar-refractivity contribution in [2.24, 2.45) is 0 Å². The molecule has 100 valence electrons. The SMILES string of the molecule is CC1(C)CN(c2ccsc2)C(c2ccccc2)CN1. The number of nitrogens with zero attached hydrogens (tertiary/aromatic N) is 1. The van der Waals surface area contributed by atoms with Crippen LogP contribution >= 0.6 is 11.3 Å². The Balaban J connectivity index is 1.94. The Kier molecular flexibility index (Phi) is 3.33. The summed E-state index contributed by atoms with van der Waals surface area (Å²) in [5.74, 6) is 0. The highest BCUT2D eigenvalue weighted by Crippen LogP contribution is 2.33. The van der Waals surface area contributed by atoms with Gasteiger partial charge in [0.2, 0.25) is 0 Å². The Bertz CT molecular complexity index is 519. The maximum atomic E-state index is 3.66. The minimum Gasteiger partial charge on any atom is -0.361 e. The quantitative estimate of drug-likeness (QED) is 0.897. The lowest BCUT2D eigenvalue weighted by molar-refractivity contribution is 0.312. The summed E-state index contributed by atoms with van der Waals surface area (Å²) < 4.78 is 0. The number of hydrogen-bond acceptors (Lipinski definition) is 3. The summed E-state index contributed by atoms with van der Waals surface area (Å²) >= 11 is 1.77. The third kappa shape index (κ3) is 2.67. The average molecular weight is 272 g/mol. The standard InChI is InChI=1S/C16H20N2S/c1-16(2)12-18(14-8-9-19-11-14)15(10-17-16)13-6-4-3-5-7-13/h3-9,11,15,17H,10,12H2,1-2H3. The maximum absolute atomic E-state index is 3.66. The van der Waals surface area contributed by atoms with E-state index in [-0.39, 0.29) is 5.54 Å². The topological polar surface area (TPSA) is 15.3 Å². The van der Waals surface area contributed by atoms with Crippen LogP contribution in [0.25, 0.3) is 0 Å². The fraction of sp³-hybridized carbons (Fsp3) is 0.375. The molecule has 1 atom stereocenters. The molecule has 2 aromatic rings. The average Bonchev–Trinajstić information content (AvgIpc) is 2.92. The molecule has 1 unspecified atom stereocenters. The summed E-state index contributed by atoms with van der Waals surface area (Å²) in [6.45, 7) is 6.57. The minimum absolute atomic E-state index is 0.160. The monoisotopic (exact) mass is 272 g/mol. The molecule has 1 aromatic heterocycles. The van der Waals surface area contributed by atoms with E-state index in [0.717, 1.165) is 13.1 Å². The normalized spacial score (nSPS) is 22.4. The molecular weight excluding hydrogens is 252 g/mol. The van der Waals surface area contributed by atoms with Crippen LogP contribution in [0, 0.1) is 0 Å². The molecule has 0 radical (unpaired) electrons. The molecule has 1 N–H and O–H groups in total. The van der Waals surface area contributed by atoms with E-state index in [1.807, 2.05) is 0 Å². The van der Waals surface area contributed by atoms with Crippen molar-refractivity contribution in [2.45, 2.75) is 25.4 Å². The first kappa shape index (κ1) is 12.7. The first-order valence-electron chi connectivity index (χ1n) is 6.74. The van der Waals surface area contributed by atoms with Crippen molar-refractivity contribution in [3.8, 4) is 0 Å². The summed E-state index contributed by atoms with van der Waals surface area (Å²) in [6, 6.07) is 13.4. The lowest BCUT2D eigenvalue weighted by Crippen LogP contribution is -2.58. The van der Waals surface area contributed by atoms with E-state index in [9.17, 15) is 0 Å². The highest BCUT2D eigenvalue weighted by Gasteiger charge is 2.33. The van der Waals surface area contributed by atoms with Crippen molar-refractivity contribution in [2.75, 3.05) is 18.0 Å². The van der Waals surface area contributed by atoms with Crippen LogP contribution in [0.5, 0.6) is 0 Å². The second-order valence-electron chi connectivity index (χ2n) is 5.80. The first-order chi connectivity index (χ1) is 9.16. The predicted octanol–water partition coefficient (Wildman–Crippen LogP) is 3.68. The largest absolute Gasteiger partial charge is 0.361 e. The van der Waals surface area contributed by atoms with Gasteiger partial charge in [-0.15, -0.1) is 0 Å². The smallest absolute Gasteiger partial charge is 0.0668 e. The van der Waals surface area contributed by atoms with Crippen LogP contribution in [-0.2, 0) is 0 Å². The second-order valence-corrected chi connectivity index (χ2v) is 6.58. The molecule has 3 heteroatoms.